The number of ketones is 1. The van der Waals surface area contributed by atoms with Crippen LogP contribution in [-0.4, -0.2) is 5.78 Å². The number of Topliss-reactive ketones (excluding diaryl/α,β-unsaturated/α-hetero) is 1. The van der Waals surface area contributed by atoms with E-state index in [1.807, 2.05) is 0 Å². The molecule has 92 valence electrons. The van der Waals surface area contributed by atoms with E-state index in [1.54, 1.807) is 18.6 Å². The third kappa shape index (κ3) is 2.68. The second-order valence-electron chi connectivity index (χ2n) is 5.48. The second-order valence-corrected chi connectivity index (χ2v) is 5.48. The molecule has 1 aromatic rings. The largest absolute Gasteiger partial charge is 0.472 e. The first-order valence-electron chi connectivity index (χ1n) is 6.35. The summed E-state index contributed by atoms with van der Waals surface area (Å²) in [7, 11) is 0. The molecule has 1 aliphatic carbocycles. The summed E-state index contributed by atoms with van der Waals surface area (Å²) in [6.45, 7) is 6.58. The molecule has 0 unspecified atom stereocenters. The molecule has 0 bridgehead atoms. The van der Waals surface area contributed by atoms with Gasteiger partial charge in [0.25, 0.3) is 0 Å². The molecule has 0 aromatic carbocycles. The fourth-order valence-corrected chi connectivity index (χ4v) is 2.64. The van der Waals surface area contributed by atoms with Gasteiger partial charge in [0, 0.05) is 5.92 Å². The molecule has 2 rings (SSSR count). The summed E-state index contributed by atoms with van der Waals surface area (Å²) >= 11 is 0. The quantitative estimate of drug-likeness (QED) is 0.578. The lowest BCUT2D eigenvalue weighted by molar-refractivity contribution is 0.0932. The summed E-state index contributed by atoms with van der Waals surface area (Å²) in [6.07, 6.45) is 7.38. The number of carbonyl (C=O) groups is 1. The summed E-state index contributed by atoms with van der Waals surface area (Å²) < 4.78 is 5.00. The van der Waals surface area contributed by atoms with E-state index >= 15 is 0 Å². The number of furan rings is 1. The SMILES string of the molecule is CC(C)CC1=C[C@@H](C)C[C@@H]1C(=O)c1ccoc1. The van der Waals surface area contributed by atoms with Crippen LogP contribution in [-0.2, 0) is 0 Å². The van der Waals surface area contributed by atoms with E-state index in [2.05, 4.69) is 26.8 Å². The Morgan fingerprint density at radius 3 is 2.88 bits per heavy atom. The van der Waals surface area contributed by atoms with Crippen molar-refractivity contribution >= 4 is 5.78 Å². The van der Waals surface area contributed by atoms with Crippen molar-refractivity contribution in [3.05, 3.63) is 35.8 Å². The first kappa shape index (κ1) is 12.2. The molecule has 0 spiro atoms. The monoisotopic (exact) mass is 232 g/mol. The summed E-state index contributed by atoms with van der Waals surface area (Å²) in [5, 5.41) is 0. The summed E-state index contributed by atoms with van der Waals surface area (Å²) in [4.78, 5) is 12.3. The highest BCUT2D eigenvalue weighted by atomic mass is 16.3. The standard InChI is InChI=1S/C15H20O2/c1-10(2)6-13-7-11(3)8-14(13)15(16)12-4-5-17-9-12/h4-5,7,9-11,14H,6,8H2,1-3H3/t11-,14+/m1/s1. The fourth-order valence-electron chi connectivity index (χ4n) is 2.64. The lowest BCUT2D eigenvalue weighted by atomic mass is 9.88. The first-order chi connectivity index (χ1) is 8.08. The van der Waals surface area contributed by atoms with Crippen LogP contribution in [0.15, 0.2) is 34.7 Å². The molecule has 0 fully saturated rings. The Balaban J connectivity index is 2.15. The average molecular weight is 232 g/mol. The van der Waals surface area contributed by atoms with Crippen LogP contribution < -0.4 is 0 Å². The van der Waals surface area contributed by atoms with Crippen molar-refractivity contribution in [3.63, 3.8) is 0 Å². The molecule has 1 aliphatic rings. The van der Waals surface area contributed by atoms with E-state index in [0.717, 1.165) is 12.8 Å². The summed E-state index contributed by atoms with van der Waals surface area (Å²) in [6, 6.07) is 1.76. The van der Waals surface area contributed by atoms with Crippen LogP contribution in [0.2, 0.25) is 0 Å². The van der Waals surface area contributed by atoms with Gasteiger partial charge in [-0.25, -0.2) is 0 Å². The van der Waals surface area contributed by atoms with Gasteiger partial charge in [0.05, 0.1) is 11.8 Å². The Labute approximate surface area is 103 Å². The molecule has 17 heavy (non-hydrogen) atoms. The number of rotatable bonds is 4. The zero-order valence-electron chi connectivity index (χ0n) is 10.8. The van der Waals surface area contributed by atoms with Gasteiger partial charge in [-0.15, -0.1) is 0 Å². The van der Waals surface area contributed by atoms with Crippen molar-refractivity contribution in [1.82, 2.24) is 0 Å². The molecule has 0 radical (unpaired) electrons. The van der Waals surface area contributed by atoms with Crippen LogP contribution in [0.4, 0.5) is 0 Å². The van der Waals surface area contributed by atoms with Gasteiger partial charge in [-0.2, -0.15) is 0 Å². The molecule has 0 saturated heterocycles. The van der Waals surface area contributed by atoms with E-state index in [0.29, 0.717) is 17.4 Å². The highest BCUT2D eigenvalue weighted by Gasteiger charge is 2.31. The van der Waals surface area contributed by atoms with Crippen molar-refractivity contribution in [2.24, 2.45) is 17.8 Å². The topological polar surface area (TPSA) is 30.2 Å². The smallest absolute Gasteiger partial charge is 0.173 e. The Hall–Kier alpha value is -1.31. The zero-order chi connectivity index (χ0) is 12.4. The second kappa shape index (κ2) is 4.91. The van der Waals surface area contributed by atoms with Gasteiger partial charge in [0.2, 0.25) is 0 Å². The number of hydrogen-bond donors (Lipinski definition) is 0. The Bertz CT molecular complexity index is 412. The van der Waals surface area contributed by atoms with Crippen molar-refractivity contribution in [1.29, 1.82) is 0 Å². The lowest BCUT2D eigenvalue weighted by Crippen LogP contribution is -2.15. The van der Waals surface area contributed by atoms with Crippen LogP contribution in [0.3, 0.4) is 0 Å². The molecule has 2 atom stereocenters. The van der Waals surface area contributed by atoms with Crippen LogP contribution >= 0.6 is 0 Å². The van der Waals surface area contributed by atoms with Gasteiger partial charge in [-0.3, -0.25) is 4.79 Å². The fraction of sp³-hybridized carbons (Fsp3) is 0.533. The maximum atomic E-state index is 12.3. The van der Waals surface area contributed by atoms with Gasteiger partial charge in [0.15, 0.2) is 5.78 Å². The van der Waals surface area contributed by atoms with Crippen molar-refractivity contribution < 1.29 is 9.21 Å². The molecule has 1 heterocycles. The minimum absolute atomic E-state index is 0.0741. The molecular formula is C15H20O2. The van der Waals surface area contributed by atoms with Crippen LogP contribution in [0.25, 0.3) is 0 Å². The van der Waals surface area contributed by atoms with Gasteiger partial charge in [0.1, 0.15) is 6.26 Å². The maximum Gasteiger partial charge on any atom is 0.173 e. The molecule has 0 aliphatic heterocycles. The minimum Gasteiger partial charge on any atom is -0.472 e. The van der Waals surface area contributed by atoms with Gasteiger partial charge < -0.3 is 4.42 Å². The van der Waals surface area contributed by atoms with Gasteiger partial charge >= 0.3 is 0 Å². The Kier molecular flexibility index (Phi) is 3.51. The Morgan fingerprint density at radius 2 is 2.29 bits per heavy atom. The highest BCUT2D eigenvalue weighted by Crippen LogP contribution is 2.36. The molecule has 0 saturated carbocycles. The summed E-state index contributed by atoms with van der Waals surface area (Å²) in [5.41, 5.74) is 2.03. The van der Waals surface area contributed by atoms with E-state index < -0.39 is 0 Å². The third-order valence-corrected chi connectivity index (χ3v) is 3.32. The molecule has 0 amide bonds. The average Bonchev–Trinajstić information content (AvgIpc) is 2.85. The molecular weight excluding hydrogens is 212 g/mol. The van der Waals surface area contributed by atoms with Gasteiger partial charge in [-0.05, 0) is 30.7 Å². The predicted molar refractivity (Wildman–Crippen MR) is 67.8 cm³/mol. The third-order valence-electron chi connectivity index (χ3n) is 3.32. The van der Waals surface area contributed by atoms with E-state index in [-0.39, 0.29) is 11.7 Å². The van der Waals surface area contributed by atoms with Crippen molar-refractivity contribution in [2.45, 2.75) is 33.6 Å². The van der Waals surface area contributed by atoms with E-state index in [9.17, 15) is 4.79 Å². The number of carbonyl (C=O) groups excluding carboxylic acids is 1. The van der Waals surface area contributed by atoms with Crippen LogP contribution in [0, 0.1) is 17.8 Å². The molecule has 1 aromatic heterocycles. The summed E-state index contributed by atoms with van der Waals surface area (Å²) in [5.74, 6) is 1.41. The molecule has 0 N–H and O–H groups in total. The maximum absolute atomic E-state index is 12.3. The number of allylic oxidation sites excluding steroid dienone is 2. The number of hydrogen-bond acceptors (Lipinski definition) is 2. The first-order valence-corrected chi connectivity index (χ1v) is 6.35. The van der Waals surface area contributed by atoms with Gasteiger partial charge in [-0.1, -0.05) is 32.4 Å². The normalized spacial score (nSPS) is 24.1. The zero-order valence-corrected chi connectivity index (χ0v) is 10.8. The van der Waals surface area contributed by atoms with E-state index in [1.165, 1.54) is 5.57 Å². The highest BCUT2D eigenvalue weighted by molar-refractivity contribution is 5.99. The van der Waals surface area contributed by atoms with Crippen molar-refractivity contribution in [2.75, 3.05) is 0 Å². The lowest BCUT2D eigenvalue weighted by Gasteiger charge is -2.15. The Morgan fingerprint density at radius 1 is 1.53 bits per heavy atom. The minimum atomic E-state index is 0.0741. The van der Waals surface area contributed by atoms with Crippen LogP contribution in [0.1, 0.15) is 44.0 Å². The molecule has 2 heteroatoms. The molecule has 2 nitrogen and oxygen atoms in total. The van der Waals surface area contributed by atoms with Crippen molar-refractivity contribution in [3.8, 4) is 0 Å². The van der Waals surface area contributed by atoms with E-state index in [4.69, 9.17) is 4.42 Å². The predicted octanol–water partition coefficient (Wildman–Crippen LogP) is 4.09. The van der Waals surface area contributed by atoms with Crippen LogP contribution in [0.5, 0.6) is 0 Å².